The zero-order valence-electron chi connectivity index (χ0n) is 20.3. The Kier molecular flexibility index (Phi) is 7.93. The molecule has 1 atom stereocenters. The number of benzene rings is 1. The fourth-order valence-electron chi connectivity index (χ4n) is 4.16. The van der Waals surface area contributed by atoms with E-state index in [2.05, 4.69) is 56.1 Å². The molecular formula is C23H32N8O3S. The number of carbonyl (C=O) groups excluding carboxylic acids is 1. The number of rotatable bonds is 9. The van der Waals surface area contributed by atoms with Crippen LogP contribution in [0.4, 0.5) is 23.0 Å². The number of hydrogen-bond acceptors (Lipinski definition) is 9. The lowest BCUT2D eigenvalue weighted by Crippen LogP contribution is -2.54. The van der Waals surface area contributed by atoms with Gasteiger partial charge in [-0.15, -0.1) is 0 Å². The standard InChI is InChI=1S/C23H32N8O3S/c1-5-21(32)27-19-12-16(6-7-20(19)30-10-8-17(9-11-30)29(2)3)26-22-24-15-25-23(28-22)34-18-13-31(14-18)35(4)33/h5-7,12,15,17-18H,1,8-11,13-14H2,2-4H3,(H,27,32)(H,24,25,26,28). The summed E-state index contributed by atoms with van der Waals surface area (Å²) in [6.07, 6.45) is 6.29. The van der Waals surface area contributed by atoms with Crippen LogP contribution in [0.1, 0.15) is 12.8 Å². The van der Waals surface area contributed by atoms with Crippen LogP contribution < -0.4 is 20.3 Å². The van der Waals surface area contributed by atoms with E-state index < -0.39 is 11.0 Å². The van der Waals surface area contributed by atoms with Crippen LogP contribution in [0.3, 0.4) is 0 Å². The van der Waals surface area contributed by atoms with Gasteiger partial charge in [0.1, 0.15) is 12.4 Å². The highest BCUT2D eigenvalue weighted by Crippen LogP contribution is 2.32. The number of amides is 1. The maximum absolute atomic E-state index is 12.1. The second kappa shape index (κ2) is 11.1. The van der Waals surface area contributed by atoms with Crippen molar-refractivity contribution < 1.29 is 13.7 Å². The van der Waals surface area contributed by atoms with E-state index in [1.54, 1.807) is 10.6 Å². The zero-order chi connectivity index (χ0) is 24.9. The van der Waals surface area contributed by atoms with Crippen LogP contribution in [0.2, 0.25) is 0 Å². The van der Waals surface area contributed by atoms with Crippen molar-refractivity contribution in [1.29, 1.82) is 0 Å². The molecule has 1 aromatic carbocycles. The van der Waals surface area contributed by atoms with E-state index in [1.807, 2.05) is 18.2 Å². The third kappa shape index (κ3) is 6.32. The summed E-state index contributed by atoms with van der Waals surface area (Å²) in [5.41, 5.74) is 2.37. The average molecular weight is 501 g/mol. The minimum atomic E-state index is -1.00. The Morgan fingerprint density at radius 3 is 2.66 bits per heavy atom. The molecule has 2 aromatic rings. The normalized spacial score (nSPS) is 18.1. The van der Waals surface area contributed by atoms with Gasteiger partial charge in [0.05, 0.1) is 22.4 Å². The highest BCUT2D eigenvalue weighted by Gasteiger charge is 2.31. The smallest absolute Gasteiger partial charge is 0.321 e. The van der Waals surface area contributed by atoms with E-state index in [0.29, 0.717) is 36.5 Å². The molecule has 1 aromatic heterocycles. The van der Waals surface area contributed by atoms with Crippen LogP contribution in [-0.4, -0.2) is 92.9 Å². The van der Waals surface area contributed by atoms with E-state index in [0.717, 1.165) is 31.6 Å². The molecule has 0 radical (unpaired) electrons. The van der Waals surface area contributed by atoms with Gasteiger partial charge in [0.15, 0.2) is 0 Å². The van der Waals surface area contributed by atoms with Crippen molar-refractivity contribution in [2.24, 2.45) is 0 Å². The summed E-state index contributed by atoms with van der Waals surface area (Å²) in [6.45, 7) is 6.52. The first kappa shape index (κ1) is 25.0. The van der Waals surface area contributed by atoms with Crippen LogP contribution in [-0.2, 0) is 15.8 Å². The molecule has 2 aliphatic rings. The van der Waals surface area contributed by atoms with Gasteiger partial charge in [-0.1, -0.05) is 6.58 Å². The lowest BCUT2D eigenvalue weighted by atomic mass is 10.0. The van der Waals surface area contributed by atoms with Crippen LogP contribution in [0, 0.1) is 0 Å². The Bertz CT molecular complexity index is 1080. The quantitative estimate of drug-likeness (QED) is 0.496. The van der Waals surface area contributed by atoms with Crippen LogP contribution >= 0.6 is 0 Å². The summed E-state index contributed by atoms with van der Waals surface area (Å²) in [4.78, 5) is 29.3. The number of piperidine rings is 1. The third-order valence-corrected chi connectivity index (χ3v) is 7.26. The van der Waals surface area contributed by atoms with Crippen LogP contribution in [0.15, 0.2) is 37.2 Å². The lowest BCUT2D eigenvalue weighted by Gasteiger charge is -2.37. The minimum absolute atomic E-state index is 0.106. The van der Waals surface area contributed by atoms with Crippen molar-refractivity contribution in [2.75, 3.05) is 62.1 Å². The summed E-state index contributed by atoms with van der Waals surface area (Å²) >= 11 is 0. The Labute approximate surface area is 208 Å². The number of carbonyl (C=O) groups is 1. The van der Waals surface area contributed by atoms with Crippen molar-refractivity contribution in [3.05, 3.63) is 37.2 Å². The molecule has 0 aliphatic carbocycles. The first-order valence-corrected chi connectivity index (χ1v) is 13.0. The first-order valence-electron chi connectivity index (χ1n) is 11.5. The number of nitrogens with zero attached hydrogens (tertiary/aromatic N) is 6. The molecule has 2 N–H and O–H groups in total. The minimum Gasteiger partial charge on any atom is -0.457 e. The summed E-state index contributed by atoms with van der Waals surface area (Å²) < 4.78 is 19.0. The van der Waals surface area contributed by atoms with E-state index in [-0.39, 0.29) is 18.0 Å². The summed E-state index contributed by atoms with van der Waals surface area (Å²) in [7, 11) is 3.22. The van der Waals surface area contributed by atoms with Crippen molar-refractivity contribution >= 4 is 39.9 Å². The highest BCUT2D eigenvalue weighted by atomic mass is 32.2. The number of aromatic nitrogens is 3. The van der Waals surface area contributed by atoms with Crippen molar-refractivity contribution in [1.82, 2.24) is 24.2 Å². The van der Waals surface area contributed by atoms with Crippen LogP contribution in [0.25, 0.3) is 0 Å². The van der Waals surface area contributed by atoms with Gasteiger partial charge in [0.25, 0.3) is 0 Å². The van der Waals surface area contributed by atoms with Crippen LogP contribution in [0.5, 0.6) is 6.01 Å². The van der Waals surface area contributed by atoms with E-state index >= 15 is 0 Å². The Hall–Kier alpha value is -3.09. The van der Waals surface area contributed by atoms with Gasteiger partial charge in [0, 0.05) is 44.2 Å². The van der Waals surface area contributed by atoms with Gasteiger partial charge in [0.2, 0.25) is 11.9 Å². The molecule has 12 heteroatoms. The highest BCUT2D eigenvalue weighted by molar-refractivity contribution is 7.81. The SMILES string of the molecule is C=CC(=O)Nc1cc(Nc2ncnc(OC3CN(S(C)=O)C3)n2)ccc1N1CCC(N(C)C)CC1. The molecule has 2 fully saturated rings. The number of hydrogen-bond donors (Lipinski definition) is 2. The van der Waals surface area contributed by atoms with E-state index in [1.165, 1.54) is 12.4 Å². The molecule has 0 spiro atoms. The molecular weight excluding hydrogens is 468 g/mol. The largest absolute Gasteiger partial charge is 0.457 e. The first-order chi connectivity index (χ1) is 16.8. The Morgan fingerprint density at radius 2 is 2.00 bits per heavy atom. The lowest BCUT2D eigenvalue weighted by molar-refractivity contribution is -0.111. The van der Waals surface area contributed by atoms with Crippen molar-refractivity contribution in [3.63, 3.8) is 0 Å². The molecule has 3 heterocycles. The molecule has 0 saturated carbocycles. The van der Waals surface area contributed by atoms with Gasteiger partial charge < -0.3 is 25.2 Å². The molecule has 4 rings (SSSR count). The predicted octanol–water partition coefficient (Wildman–Crippen LogP) is 1.63. The number of ether oxygens (including phenoxy) is 1. The molecule has 2 saturated heterocycles. The molecule has 1 amide bonds. The van der Waals surface area contributed by atoms with Gasteiger partial charge >= 0.3 is 6.01 Å². The second-order valence-electron chi connectivity index (χ2n) is 8.83. The Balaban J connectivity index is 1.46. The fraction of sp³-hybridized carbons (Fsp3) is 0.478. The molecule has 2 aliphatic heterocycles. The van der Waals surface area contributed by atoms with E-state index in [9.17, 15) is 9.00 Å². The summed E-state index contributed by atoms with van der Waals surface area (Å²) in [6, 6.07) is 6.55. The topological polar surface area (TPSA) is 116 Å². The summed E-state index contributed by atoms with van der Waals surface area (Å²) in [5, 5.41) is 6.09. The molecule has 0 bridgehead atoms. The van der Waals surface area contributed by atoms with Gasteiger partial charge in [-0.25, -0.2) is 13.5 Å². The molecule has 1 unspecified atom stereocenters. The van der Waals surface area contributed by atoms with E-state index in [4.69, 9.17) is 4.74 Å². The summed E-state index contributed by atoms with van der Waals surface area (Å²) in [5.74, 6) is 0.0516. The van der Waals surface area contributed by atoms with Crippen molar-refractivity contribution in [3.8, 4) is 6.01 Å². The zero-order valence-corrected chi connectivity index (χ0v) is 21.1. The number of anilines is 4. The second-order valence-corrected chi connectivity index (χ2v) is 10.2. The fourth-order valence-corrected chi connectivity index (χ4v) is 4.91. The maximum atomic E-state index is 12.1. The van der Waals surface area contributed by atoms with Gasteiger partial charge in [-0.05, 0) is 51.2 Å². The monoisotopic (exact) mass is 500 g/mol. The van der Waals surface area contributed by atoms with Gasteiger partial charge in [-0.3, -0.25) is 4.79 Å². The third-order valence-electron chi connectivity index (χ3n) is 6.23. The molecule has 188 valence electrons. The Morgan fingerprint density at radius 1 is 1.26 bits per heavy atom. The molecule has 35 heavy (non-hydrogen) atoms. The number of nitrogens with one attached hydrogen (secondary N) is 2. The molecule has 11 nitrogen and oxygen atoms in total. The predicted molar refractivity (Wildman–Crippen MR) is 137 cm³/mol. The maximum Gasteiger partial charge on any atom is 0.321 e. The van der Waals surface area contributed by atoms with Crippen molar-refractivity contribution in [2.45, 2.75) is 25.0 Å². The average Bonchev–Trinajstić information content (AvgIpc) is 2.81. The van der Waals surface area contributed by atoms with Gasteiger partial charge in [-0.2, -0.15) is 9.97 Å².